The highest BCUT2D eigenvalue weighted by atomic mass is 35.5. The van der Waals surface area contributed by atoms with Crippen LogP contribution in [0.5, 0.6) is 0 Å². The van der Waals surface area contributed by atoms with Gasteiger partial charge < -0.3 is 10.6 Å². The van der Waals surface area contributed by atoms with Crippen molar-refractivity contribution in [3.63, 3.8) is 0 Å². The van der Waals surface area contributed by atoms with Crippen molar-refractivity contribution < 1.29 is 14.4 Å². The predicted molar refractivity (Wildman–Crippen MR) is 115 cm³/mol. The molecule has 2 aromatic carbocycles. The molecule has 1 aliphatic rings. The average Bonchev–Trinajstić information content (AvgIpc) is 2.69. The first-order valence-electron chi connectivity index (χ1n) is 9.96. The summed E-state index contributed by atoms with van der Waals surface area (Å²) in [4.78, 5) is 28.6. The van der Waals surface area contributed by atoms with Gasteiger partial charge in [-0.25, -0.2) is 4.79 Å². The lowest BCUT2D eigenvalue weighted by Crippen LogP contribution is -2.56. The Labute approximate surface area is 178 Å². The van der Waals surface area contributed by atoms with E-state index in [1.54, 1.807) is 0 Å². The zero-order valence-corrected chi connectivity index (χ0v) is 17.4. The summed E-state index contributed by atoms with van der Waals surface area (Å²) in [6, 6.07) is 18.5. The van der Waals surface area contributed by atoms with Gasteiger partial charge in [0.1, 0.15) is 5.54 Å². The number of rotatable bonds is 8. The van der Waals surface area contributed by atoms with Crippen LogP contribution in [0, 0.1) is 0 Å². The summed E-state index contributed by atoms with van der Waals surface area (Å²) in [6.45, 7) is 0. The molecule has 0 spiro atoms. The largest absolute Gasteiger partial charge is 0.351 e. The minimum absolute atomic E-state index is 0. The van der Waals surface area contributed by atoms with Crippen LogP contribution in [-0.2, 0) is 33.7 Å². The molecule has 0 aliphatic heterocycles. The van der Waals surface area contributed by atoms with Gasteiger partial charge in [0.15, 0.2) is 0 Å². The fraction of sp³-hybridized carbons (Fsp3) is 0.391. The molecular weight excluding hydrogens is 388 g/mol. The highest BCUT2D eigenvalue weighted by Gasteiger charge is 2.42. The minimum Gasteiger partial charge on any atom is -0.339 e. The number of amides is 1. The topological polar surface area (TPSA) is 81.4 Å². The summed E-state index contributed by atoms with van der Waals surface area (Å²) in [5.41, 5.74) is 10.7. The van der Waals surface area contributed by atoms with Crippen LogP contribution in [0.25, 0.3) is 0 Å². The molecule has 1 amide bonds. The molecule has 1 aliphatic carbocycles. The van der Waals surface area contributed by atoms with Crippen LogP contribution in [0.1, 0.15) is 48.8 Å². The number of nitrogens with one attached hydrogen (secondary N) is 1. The van der Waals surface area contributed by atoms with E-state index in [0.29, 0.717) is 12.8 Å². The van der Waals surface area contributed by atoms with Crippen LogP contribution in [0.15, 0.2) is 54.6 Å². The lowest BCUT2D eigenvalue weighted by Gasteiger charge is -2.34. The molecule has 3 N–H and O–H groups in total. The maximum atomic E-state index is 12.0. The van der Waals surface area contributed by atoms with Gasteiger partial charge in [0.25, 0.3) is 5.91 Å². The van der Waals surface area contributed by atoms with Crippen molar-refractivity contribution in [2.24, 2.45) is 5.73 Å². The van der Waals surface area contributed by atoms with E-state index < -0.39 is 11.5 Å². The normalized spacial score (nSPS) is 14.2. The highest BCUT2D eigenvalue weighted by molar-refractivity contribution is 5.85. The van der Waals surface area contributed by atoms with Gasteiger partial charge in [0.2, 0.25) is 0 Å². The van der Waals surface area contributed by atoms with Gasteiger partial charge in [0, 0.05) is 0 Å². The zero-order valence-electron chi connectivity index (χ0n) is 16.6. The number of carbonyl (C=O) groups excluding carboxylic acids is 2. The Balaban J connectivity index is 0.00000300. The van der Waals surface area contributed by atoms with Crippen LogP contribution < -0.4 is 11.2 Å². The molecule has 1 fully saturated rings. The van der Waals surface area contributed by atoms with Crippen LogP contribution in [-0.4, -0.2) is 17.4 Å². The number of unbranched alkanes of at least 4 members (excludes halogenated alkanes) is 1. The van der Waals surface area contributed by atoms with Crippen molar-refractivity contribution in [2.75, 3.05) is 0 Å². The number of aryl methyl sites for hydroxylation is 2. The number of halogens is 1. The maximum absolute atomic E-state index is 12.0. The number of benzene rings is 2. The fourth-order valence-electron chi connectivity index (χ4n) is 3.31. The third-order valence-corrected chi connectivity index (χ3v) is 5.32. The number of hydroxylamine groups is 1. The van der Waals surface area contributed by atoms with Crippen LogP contribution in [0.3, 0.4) is 0 Å². The Bertz CT molecular complexity index is 790. The molecule has 0 aromatic heterocycles. The molecule has 29 heavy (non-hydrogen) atoms. The smallest absolute Gasteiger partial charge is 0.339 e. The standard InChI is InChI=1S/C23H28N2O3.ClH/c24-23(15-6-16-23)22(27)28-25-21(26)17-20-13-11-19(12-14-20)10-5-4-9-18-7-2-1-3-8-18;/h1-3,7-8,11-14H,4-6,9-10,15-17,24H2,(H,25,26);1H. The lowest BCUT2D eigenvalue weighted by molar-refractivity contribution is -0.166. The van der Waals surface area contributed by atoms with Crippen molar-refractivity contribution in [3.8, 4) is 0 Å². The second-order valence-electron chi connectivity index (χ2n) is 7.61. The van der Waals surface area contributed by atoms with Gasteiger partial charge in [-0.1, -0.05) is 54.6 Å². The molecule has 0 saturated heterocycles. The number of hydrogen-bond acceptors (Lipinski definition) is 4. The highest BCUT2D eigenvalue weighted by Crippen LogP contribution is 2.29. The van der Waals surface area contributed by atoms with E-state index in [1.165, 1.54) is 11.1 Å². The van der Waals surface area contributed by atoms with E-state index in [4.69, 9.17) is 10.6 Å². The average molecular weight is 417 g/mol. The molecule has 6 heteroatoms. The number of nitrogens with two attached hydrogens (primary N) is 1. The molecule has 0 atom stereocenters. The van der Waals surface area contributed by atoms with Crippen LogP contribution in [0.4, 0.5) is 0 Å². The summed E-state index contributed by atoms with van der Waals surface area (Å²) < 4.78 is 0. The molecule has 5 nitrogen and oxygen atoms in total. The van der Waals surface area contributed by atoms with Crippen molar-refractivity contribution >= 4 is 24.3 Å². The summed E-state index contributed by atoms with van der Waals surface area (Å²) in [5, 5.41) is 0. The first-order chi connectivity index (χ1) is 13.5. The van der Waals surface area contributed by atoms with Crippen molar-refractivity contribution in [2.45, 2.75) is 56.9 Å². The Kier molecular flexibility index (Phi) is 8.68. The van der Waals surface area contributed by atoms with E-state index >= 15 is 0 Å². The third-order valence-electron chi connectivity index (χ3n) is 5.32. The quantitative estimate of drug-likeness (QED) is 0.508. The Hall–Kier alpha value is -2.37. The van der Waals surface area contributed by atoms with Crippen LogP contribution >= 0.6 is 12.4 Å². The summed E-state index contributed by atoms with van der Waals surface area (Å²) in [7, 11) is 0. The molecule has 0 heterocycles. The van der Waals surface area contributed by atoms with Gasteiger partial charge in [-0.2, -0.15) is 5.48 Å². The first-order valence-corrected chi connectivity index (χ1v) is 9.96. The molecule has 3 rings (SSSR count). The van der Waals surface area contributed by atoms with Crippen molar-refractivity contribution in [1.29, 1.82) is 0 Å². The van der Waals surface area contributed by atoms with E-state index in [-0.39, 0.29) is 24.7 Å². The molecule has 2 aromatic rings. The predicted octanol–water partition coefficient (Wildman–Crippen LogP) is 3.67. The molecule has 1 saturated carbocycles. The molecular formula is C23H29ClN2O3. The SMILES string of the molecule is Cl.NC1(C(=O)ONC(=O)Cc2ccc(CCCCc3ccccc3)cc2)CCC1. The molecule has 0 bridgehead atoms. The van der Waals surface area contributed by atoms with Crippen LogP contribution in [0.2, 0.25) is 0 Å². The number of hydrogen-bond donors (Lipinski definition) is 2. The Morgan fingerprint density at radius 1 is 0.897 bits per heavy atom. The minimum atomic E-state index is -0.921. The third kappa shape index (κ3) is 6.87. The second-order valence-corrected chi connectivity index (χ2v) is 7.61. The first kappa shape index (κ1) is 22.9. The van der Waals surface area contributed by atoms with Gasteiger partial charge in [0.05, 0.1) is 6.42 Å². The number of carbonyl (C=O) groups is 2. The Morgan fingerprint density at radius 3 is 2.00 bits per heavy atom. The van der Waals surface area contributed by atoms with Crippen molar-refractivity contribution in [1.82, 2.24) is 5.48 Å². The van der Waals surface area contributed by atoms with Gasteiger partial charge in [-0.15, -0.1) is 12.4 Å². The van der Waals surface area contributed by atoms with Gasteiger partial charge in [-0.3, -0.25) is 4.79 Å². The monoisotopic (exact) mass is 416 g/mol. The van der Waals surface area contributed by atoms with E-state index in [0.717, 1.165) is 37.7 Å². The van der Waals surface area contributed by atoms with Gasteiger partial charge >= 0.3 is 5.97 Å². The maximum Gasteiger partial charge on any atom is 0.351 e. The Morgan fingerprint density at radius 2 is 1.45 bits per heavy atom. The molecule has 0 unspecified atom stereocenters. The summed E-state index contributed by atoms with van der Waals surface area (Å²) >= 11 is 0. The van der Waals surface area contributed by atoms with Gasteiger partial charge in [-0.05, 0) is 61.6 Å². The van der Waals surface area contributed by atoms with E-state index in [1.807, 2.05) is 18.2 Å². The second kappa shape index (κ2) is 11.0. The van der Waals surface area contributed by atoms with Crippen molar-refractivity contribution in [3.05, 3.63) is 71.3 Å². The summed E-state index contributed by atoms with van der Waals surface area (Å²) in [5.74, 6) is -0.912. The molecule has 0 radical (unpaired) electrons. The van der Waals surface area contributed by atoms with E-state index in [9.17, 15) is 9.59 Å². The molecule has 156 valence electrons. The summed E-state index contributed by atoms with van der Waals surface area (Å²) in [6.07, 6.45) is 6.70. The van der Waals surface area contributed by atoms with E-state index in [2.05, 4.69) is 41.9 Å². The fourth-order valence-corrected chi connectivity index (χ4v) is 3.31. The lowest BCUT2D eigenvalue weighted by atomic mass is 9.78. The zero-order chi connectivity index (χ0) is 19.8.